The summed E-state index contributed by atoms with van der Waals surface area (Å²) in [7, 11) is 0. The molecule has 3 N–H and O–H groups in total. The van der Waals surface area contributed by atoms with E-state index in [-0.39, 0.29) is 43.0 Å². The third-order valence-corrected chi connectivity index (χ3v) is 9.12. The van der Waals surface area contributed by atoms with Crippen LogP contribution in [0.15, 0.2) is 24.3 Å². The zero-order valence-corrected chi connectivity index (χ0v) is 29.8. The topological polar surface area (TPSA) is 130 Å². The van der Waals surface area contributed by atoms with Gasteiger partial charge in [-0.15, -0.1) is 0 Å². The average Bonchev–Trinajstić information content (AvgIpc) is 3.32. The van der Waals surface area contributed by atoms with E-state index >= 15 is 0 Å². The Morgan fingerprint density at radius 3 is 2.00 bits per heavy atom. The minimum Gasteiger partial charge on any atom is -0.462 e. The number of hydrogen-bond acceptors (Lipinski definition) is 8. The first-order valence-electron chi connectivity index (χ1n) is 19.0. The summed E-state index contributed by atoms with van der Waals surface area (Å²) in [6.07, 6.45) is 27.4. The second-order valence-electron chi connectivity index (χ2n) is 13.4. The molecule has 1 aliphatic rings. The Hall–Kier alpha value is -2.03. The lowest BCUT2D eigenvalue weighted by Gasteiger charge is -2.16. The number of allylic oxidation sites excluding steroid dienone is 2. The van der Waals surface area contributed by atoms with E-state index in [4.69, 9.17) is 9.47 Å². The van der Waals surface area contributed by atoms with Gasteiger partial charge < -0.3 is 24.8 Å². The van der Waals surface area contributed by atoms with Crippen molar-refractivity contribution in [3.63, 3.8) is 0 Å². The van der Waals surface area contributed by atoms with Crippen LogP contribution in [-0.2, 0) is 23.9 Å². The zero-order valence-electron chi connectivity index (χ0n) is 29.8. The lowest BCUT2D eigenvalue weighted by Crippen LogP contribution is -2.28. The zero-order chi connectivity index (χ0) is 34.5. The molecule has 0 aliphatic heterocycles. The van der Waals surface area contributed by atoms with Crippen molar-refractivity contribution in [3.8, 4) is 0 Å². The van der Waals surface area contributed by atoms with Gasteiger partial charge in [-0.2, -0.15) is 0 Å². The van der Waals surface area contributed by atoms with Crippen molar-refractivity contribution in [3.05, 3.63) is 24.3 Å². The van der Waals surface area contributed by atoms with Gasteiger partial charge in [-0.05, 0) is 32.1 Å². The van der Waals surface area contributed by atoms with Crippen LogP contribution in [0.25, 0.3) is 0 Å². The van der Waals surface area contributed by atoms with Crippen molar-refractivity contribution in [2.75, 3.05) is 13.2 Å². The Morgan fingerprint density at radius 1 is 0.809 bits per heavy atom. The third-order valence-electron chi connectivity index (χ3n) is 9.12. The summed E-state index contributed by atoms with van der Waals surface area (Å²) in [6, 6.07) is 0. The van der Waals surface area contributed by atoms with E-state index in [9.17, 15) is 29.7 Å². The van der Waals surface area contributed by atoms with Crippen LogP contribution < -0.4 is 0 Å². The number of rotatable bonds is 30. The molecule has 5 atom stereocenters. The molecule has 47 heavy (non-hydrogen) atoms. The van der Waals surface area contributed by atoms with Crippen LogP contribution in [0.3, 0.4) is 0 Å². The SMILES string of the molecule is CCCCCCCCCCCCCCCC(=O)O[C@@H](CO)COC(=O)CCC/C=C\C[C@H]1C(=O)C[C@@H](O)[C@@H]1/C=C/[C@@H](O)CCCCC. The van der Waals surface area contributed by atoms with Gasteiger partial charge in [0.2, 0.25) is 0 Å². The first-order valence-corrected chi connectivity index (χ1v) is 19.0. The maximum absolute atomic E-state index is 12.4. The highest BCUT2D eigenvalue weighted by molar-refractivity contribution is 5.84. The van der Waals surface area contributed by atoms with Crippen LogP contribution >= 0.6 is 0 Å². The normalized spacial score (nSPS) is 19.5. The molecule has 1 fully saturated rings. The Balaban J connectivity index is 2.14. The van der Waals surface area contributed by atoms with Crippen molar-refractivity contribution in [1.82, 2.24) is 0 Å². The molecule has 0 bridgehead atoms. The van der Waals surface area contributed by atoms with E-state index in [1.54, 1.807) is 12.2 Å². The summed E-state index contributed by atoms with van der Waals surface area (Å²) >= 11 is 0. The Kier molecular flexibility index (Phi) is 26.5. The fourth-order valence-corrected chi connectivity index (χ4v) is 6.12. The van der Waals surface area contributed by atoms with Gasteiger partial charge >= 0.3 is 11.9 Å². The molecule has 1 rings (SSSR count). The molecule has 0 radical (unpaired) electrons. The van der Waals surface area contributed by atoms with E-state index in [1.165, 1.54) is 64.2 Å². The number of aliphatic hydroxyl groups is 3. The molecule has 0 saturated heterocycles. The number of esters is 2. The molecule has 0 aromatic heterocycles. The summed E-state index contributed by atoms with van der Waals surface area (Å²) in [5.41, 5.74) is 0. The van der Waals surface area contributed by atoms with Crippen molar-refractivity contribution < 1.29 is 39.2 Å². The number of hydrogen-bond donors (Lipinski definition) is 3. The lowest BCUT2D eigenvalue weighted by molar-refractivity contribution is -0.161. The number of carbonyl (C=O) groups is 3. The summed E-state index contributed by atoms with van der Waals surface area (Å²) < 4.78 is 10.5. The van der Waals surface area contributed by atoms with Gasteiger partial charge in [-0.3, -0.25) is 14.4 Å². The summed E-state index contributed by atoms with van der Waals surface area (Å²) in [4.78, 5) is 36.8. The number of unbranched alkanes of at least 4 members (excludes halogenated alkanes) is 15. The quantitative estimate of drug-likeness (QED) is 0.0399. The number of ether oxygens (including phenoxy) is 2. The van der Waals surface area contributed by atoms with Crippen LogP contribution in [0.4, 0.5) is 0 Å². The molecule has 0 unspecified atom stereocenters. The van der Waals surface area contributed by atoms with E-state index in [0.29, 0.717) is 32.1 Å². The monoisotopic (exact) mass is 664 g/mol. The largest absolute Gasteiger partial charge is 0.462 e. The van der Waals surface area contributed by atoms with E-state index in [0.717, 1.165) is 38.5 Å². The number of aliphatic hydroxyl groups excluding tert-OH is 3. The van der Waals surface area contributed by atoms with Gasteiger partial charge in [0.25, 0.3) is 0 Å². The van der Waals surface area contributed by atoms with Gasteiger partial charge in [0.05, 0.1) is 18.8 Å². The van der Waals surface area contributed by atoms with Crippen molar-refractivity contribution in [2.24, 2.45) is 11.8 Å². The molecule has 0 aromatic carbocycles. The molecule has 8 heteroatoms. The van der Waals surface area contributed by atoms with Gasteiger partial charge in [-0.25, -0.2) is 0 Å². The molecule has 8 nitrogen and oxygen atoms in total. The Labute approximate surface area is 285 Å². The maximum Gasteiger partial charge on any atom is 0.306 e. The molecule has 0 spiro atoms. The minimum atomic E-state index is -0.855. The van der Waals surface area contributed by atoms with Crippen LogP contribution in [0.5, 0.6) is 0 Å². The number of Topliss-reactive ketones (excluding diaryl/α,β-unsaturated/α-hetero) is 1. The predicted molar refractivity (Wildman–Crippen MR) is 188 cm³/mol. The van der Waals surface area contributed by atoms with Crippen molar-refractivity contribution in [2.45, 2.75) is 180 Å². The van der Waals surface area contributed by atoms with E-state index in [2.05, 4.69) is 13.8 Å². The molecule has 1 saturated carbocycles. The average molecular weight is 665 g/mol. The van der Waals surface area contributed by atoms with Crippen molar-refractivity contribution >= 4 is 17.7 Å². The van der Waals surface area contributed by atoms with Crippen molar-refractivity contribution in [1.29, 1.82) is 0 Å². The smallest absolute Gasteiger partial charge is 0.306 e. The van der Waals surface area contributed by atoms with E-state index < -0.39 is 30.9 Å². The highest BCUT2D eigenvalue weighted by Crippen LogP contribution is 2.33. The molecule has 0 aromatic rings. The maximum atomic E-state index is 12.4. The summed E-state index contributed by atoms with van der Waals surface area (Å²) in [6.45, 7) is 3.80. The molecule has 0 amide bonds. The second-order valence-corrected chi connectivity index (χ2v) is 13.4. The highest BCUT2D eigenvalue weighted by atomic mass is 16.6. The second kappa shape index (κ2) is 28.9. The first kappa shape index (κ1) is 43.0. The van der Waals surface area contributed by atoms with Crippen LogP contribution in [0.2, 0.25) is 0 Å². The number of ketones is 1. The summed E-state index contributed by atoms with van der Waals surface area (Å²) in [5.74, 6) is -1.37. The minimum absolute atomic E-state index is 0.0318. The van der Waals surface area contributed by atoms with Crippen LogP contribution in [0, 0.1) is 11.8 Å². The first-order chi connectivity index (χ1) is 22.8. The Morgan fingerprint density at radius 2 is 1.38 bits per heavy atom. The summed E-state index contributed by atoms with van der Waals surface area (Å²) in [5, 5.41) is 30.1. The molecular weight excluding hydrogens is 596 g/mol. The lowest BCUT2D eigenvalue weighted by atomic mass is 9.90. The fraction of sp³-hybridized carbons (Fsp3) is 0.821. The van der Waals surface area contributed by atoms with Gasteiger partial charge in [0, 0.05) is 31.1 Å². The van der Waals surface area contributed by atoms with Crippen LogP contribution in [0.1, 0.15) is 162 Å². The highest BCUT2D eigenvalue weighted by Gasteiger charge is 2.39. The standard InChI is InChI=1S/C39H68O8/c1-3-5-7-8-9-10-11-12-13-14-15-16-22-26-39(45)47-33(30-40)31-46-38(44)25-21-18-17-20-24-34-35(37(43)29-36(34)42)28-27-32(41)23-19-6-4-2/h17,20,27-28,32-35,37,40-41,43H,3-16,18-19,21-26,29-31H2,1-2H3/b20-17-,28-27+/t32-,33-,34+,35+,37+/m0/s1. The molecular formula is C39H68O8. The molecule has 272 valence electrons. The molecule has 0 heterocycles. The van der Waals surface area contributed by atoms with Gasteiger partial charge in [-0.1, -0.05) is 134 Å². The van der Waals surface area contributed by atoms with Crippen LogP contribution in [-0.4, -0.2) is 64.6 Å². The van der Waals surface area contributed by atoms with Gasteiger partial charge in [0.15, 0.2) is 6.10 Å². The van der Waals surface area contributed by atoms with Gasteiger partial charge in [0.1, 0.15) is 12.4 Å². The predicted octanol–water partition coefficient (Wildman–Crippen LogP) is 8.10. The third kappa shape index (κ3) is 22.3. The Bertz CT molecular complexity index is 869. The molecule has 1 aliphatic carbocycles. The fourth-order valence-electron chi connectivity index (χ4n) is 6.12. The number of carbonyl (C=O) groups excluding carboxylic acids is 3. The van der Waals surface area contributed by atoms with E-state index in [1.807, 2.05) is 12.2 Å².